The molecular weight excluding hydrogens is 352 g/mol. The van der Waals surface area contributed by atoms with E-state index in [-0.39, 0.29) is 11.6 Å². The SMILES string of the molecule is CCCn1c(S[C@H](C)C(=O)Nc2cc(Cl)ccc2OC)n[nH]c1=O. The predicted molar refractivity (Wildman–Crippen MR) is 95.1 cm³/mol. The first-order valence-electron chi connectivity index (χ1n) is 7.42. The smallest absolute Gasteiger partial charge is 0.343 e. The molecule has 0 spiro atoms. The molecule has 2 rings (SSSR count). The number of carbonyl (C=O) groups excluding carboxylic acids is 1. The predicted octanol–water partition coefficient (Wildman–Crippen LogP) is 2.76. The molecule has 0 aliphatic heterocycles. The average Bonchev–Trinajstić information content (AvgIpc) is 2.88. The summed E-state index contributed by atoms with van der Waals surface area (Å²) in [4.78, 5) is 24.1. The van der Waals surface area contributed by atoms with Gasteiger partial charge in [0.1, 0.15) is 5.75 Å². The minimum absolute atomic E-state index is 0.237. The van der Waals surface area contributed by atoms with Crippen molar-refractivity contribution in [2.24, 2.45) is 0 Å². The number of ether oxygens (including phenoxy) is 1. The van der Waals surface area contributed by atoms with Gasteiger partial charge < -0.3 is 10.1 Å². The van der Waals surface area contributed by atoms with Crippen molar-refractivity contribution in [1.29, 1.82) is 0 Å². The van der Waals surface area contributed by atoms with E-state index in [1.807, 2.05) is 6.92 Å². The highest BCUT2D eigenvalue weighted by Gasteiger charge is 2.20. The quantitative estimate of drug-likeness (QED) is 0.731. The summed E-state index contributed by atoms with van der Waals surface area (Å²) in [6, 6.07) is 4.99. The maximum Gasteiger partial charge on any atom is 0.343 e. The number of rotatable bonds is 7. The van der Waals surface area contributed by atoms with Gasteiger partial charge >= 0.3 is 5.69 Å². The number of halogens is 1. The van der Waals surface area contributed by atoms with Gasteiger partial charge in [-0.05, 0) is 31.5 Å². The Bertz CT molecular complexity index is 774. The molecule has 1 amide bonds. The van der Waals surface area contributed by atoms with E-state index in [1.165, 1.54) is 23.4 Å². The van der Waals surface area contributed by atoms with E-state index in [4.69, 9.17) is 16.3 Å². The molecule has 2 aromatic rings. The number of carbonyl (C=O) groups is 1. The van der Waals surface area contributed by atoms with Crippen molar-refractivity contribution in [3.05, 3.63) is 33.7 Å². The van der Waals surface area contributed by atoms with Crippen LogP contribution in [-0.2, 0) is 11.3 Å². The number of aromatic amines is 1. The molecule has 0 fully saturated rings. The summed E-state index contributed by atoms with van der Waals surface area (Å²) >= 11 is 7.17. The van der Waals surface area contributed by atoms with E-state index < -0.39 is 5.25 Å². The Balaban J connectivity index is 2.11. The van der Waals surface area contributed by atoms with E-state index in [0.29, 0.717) is 28.2 Å². The van der Waals surface area contributed by atoms with Crippen LogP contribution in [0, 0.1) is 0 Å². The second kappa shape index (κ2) is 8.25. The Morgan fingerprint density at radius 2 is 2.29 bits per heavy atom. The van der Waals surface area contributed by atoms with Crippen LogP contribution < -0.4 is 15.7 Å². The van der Waals surface area contributed by atoms with Crippen molar-refractivity contribution in [3.8, 4) is 5.75 Å². The fraction of sp³-hybridized carbons (Fsp3) is 0.400. The molecule has 0 bridgehead atoms. The van der Waals surface area contributed by atoms with Gasteiger partial charge in [-0.1, -0.05) is 30.3 Å². The van der Waals surface area contributed by atoms with Crippen LogP contribution in [0.3, 0.4) is 0 Å². The normalized spacial score (nSPS) is 12.0. The average molecular weight is 371 g/mol. The Kier molecular flexibility index (Phi) is 6.33. The third-order valence-electron chi connectivity index (χ3n) is 3.24. The van der Waals surface area contributed by atoms with Crippen LogP contribution in [0.15, 0.2) is 28.2 Å². The van der Waals surface area contributed by atoms with Gasteiger partial charge in [0.05, 0.1) is 18.0 Å². The number of amides is 1. The van der Waals surface area contributed by atoms with Crippen molar-refractivity contribution in [3.63, 3.8) is 0 Å². The molecule has 1 aromatic carbocycles. The number of aromatic nitrogens is 3. The molecular formula is C15H19ClN4O3S. The zero-order valence-corrected chi connectivity index (χ0v) is 15.2. The second-order valence-corrected chi connectivity index (χ2v) is 6.80. The Morgan fingerprint density at radius 3 is 2.96 bits per heavy atom. The second-order valence-electron chi connectivity index (χ2n) is 5.06. The molecule has 2 N–H and O–H groups in total. The Hall–Kier alpha value is -1.93. The number of H-pyrrole nitrogens is 1. The van der Waals surface area contributed by atoms with E-state index in [2.05, 4.69) is 15.5 Å². The lowest BCUT2D eigenvalue weighted by Crippen LogP contribution is -2.24. The number of anilines is 1. The maximum atomic E-state index is 12.4. The van der Waals surface area contributed by atoms with Gasteiger partial charge in [-0.3, -0.25) is 9.36 Å². The molecule has 24 heavy (non-hydrogen) atoms. The highest BCUT2D eigenvalue weighted by molar-refractivity contribution is 8.00. The summed E-state index contributed by atoms with van der Waals surface area (Å²) in [6.07, 6.45) is 0.799. The molecule has 0 unspecified atom stereocenters. The van der Waals surface area contributed by atoms with E-state index in [0.717, 1.165) is 6.42 Å². The lowest BCUT2D eigenvalue weighted by molar-refractivity contribution is -0.115. The van der Waals surface area contributed by atoms with Gasteiger partial charge in [-0.2, -0.15) is 0 Å². The van der Waals surface area contributed by atoms with Gasteiger partial charge in [0.25, 0.3) is 0 Å². The van der Waals surface area contributed by atoms with Gasteiger partial charge in [-0.15, -0.1) is 5.10 Å². The number of nitrogens with zero attached hydrogens (tertiary/aromatic N) is 2. The highest BCUT2D eigenvalue weighted by atomic mass is 35.5. The largest absolute Gasteiger partial charge is 0.495 e. The van der Waals surface area contributed by atoms with Crippen LogP contribution in [0.2, 0.25) is 5.02 Å². The van der Waals surface area contributed by atoms with Crippen LogP contribution in [0.25, 0.3) is 0 Å². The lowest BCUT2D eigenvalue weighted by atomic mass is 10.3. The van der Waals surface area contributed by atoms with Crippen LogP contribution in [-0.4, -0.2) is 33.0 Å². The van der Waals surface area contributed by atoms with Crippen molar-refractivity contribution in [2.75, 3.05) is 12.4 Å². The molecule has 0 aliphatic rings. The summed E-state index contributed by atoms with van der Waals surface area (Å²) in [5.74, 6) is 0.284. The fourth-order valence-corrected chi connectivity index (χ4v) is 3.09. The minimum Gasteiger partial charge on any atom is -0.495 e. The van der Waals surface area contributed by atoms with Gasteiger partial charge in [0, 0.05) is 11.6 Å². The molecule has 1 atom stereocenters. The van der Waals surface area contributed by atoms with Crippen molar-refractivity contribution in [2.45, 2.75) is 37.2 Å². The molecule has 130 valence electrons. The maximum absolute atomic E-state index is 12.4. The molecule has 1 aromatic heterocycles. The molecule has 0 aliphatic carbocycles. The number of hydrogen-bond acceptors (Lipinski definition) is 5. The summed E-state index contributed by atoms with van der Waals surface area (Å²) in [6.45, 7) is 4.26. The van der Waals surface area contributed by atoms with Gasteiger partial charge in [0.15, 0.2) is 5.16 Å². The zero-order valence-electron chi connectivity index (χ0n) is 13.6. The standard InChI is InChI=1S/C15H19ClN4O3S/c1-4-7-20-14(22)18-19-15(20)24-9(2)13(21)17-11-8-10(16)5-6-12(11)23-3/h5-6,8-9H,4,7H2,1-3H3,(H,17,21)(H,18,22)/t9-/m1/s1. The van der Waals surface area contributed by atoms with Crippen molar-refractivity contribution < 1.29 is 9.53 Å². The fourth-order valence-electron chi connectivity index (χ4n) is 2.04. The molecule has 1 heterocycles. The van der Waals surface area contributed by atoms with Crippen LogP contribution in [0.4, 0.5) is 5.69 Å². The first-order chi connectivity index (χ1) is 11.5. The molecule has 0 saturated heterocycles. The topological polar surface area (TPSA) is 89.0 Å². The first kappa shape index (κ1) is 18.4. The number of hydrogen-bond donors (Lipinski definition) is 2. The van der Waals surface area contributed by atoms with Gasteiger partial charge in [-0.25, -0.2) is 9.89 Å². The van der Waals surface area contributed by atoms with Crippen LogP contribution in [0.5, 0.6) is 5.75 Å². The number of thioether (sulfide) groups is 1. The summed E-state index contributed by atoms with van der Waals surface area (Å²) < 4.78 is 6.73. The van der Waals surface area contributed by atoms with E-state index in [1.54, 1.807) is 25.1 Å². The summed E-state index contributed by atoms with van der Waals surface area (Å²) in [5, 5.41) is 9.69. The number of benzene rings is 1. The summed E-state index contributed by atoms with van der Waals surface area (Å²) in [7, 11) is 1.52. The third-order valence-corrected chi connectivity index (χ3v) is 4.57. The molecule has 0 radical (unpaired) electrons. The Labute approximate surface area is 148 Å². The first-order valence-corrected chi connectivity index (χ1v) is 8.68. The van der Waals surface area contributed by atoms with Crippen LogP contribution in [0.1, 0.15) is 20.3 Å². The number of nitrogens with one attached hydrogen (secondary N) is 2. The summed E-state index contributed by atoms with van der Waals surface area (Å²) in [5.41, 5.74) is 0.221. The molecule has 9 heteroatoms. The zero-order chi connectivity index (χ0) is 17.7. The molecule has 7 nitrogen and oxygen atoms in total. The lowest BCUT2D eigenvalue weighted by Gasteiger charge is -2.14. The van der Waals surface area contributed by atoms with Crippen molar-refractivity contribution >= 4 is 35.0 Å². The minimum atomic E-state index is -0.459. The Morgan fingerprint density at radius 1 is 1.54 bits per heavy atom. The third kappa shape index (κ3) is 4.33. The number of methoxy groups -OCH3 is 1. The van der Waals surface area contributed by atoms with Gasteiger partial charge in [0.2, 0.25) is 5.91 Å². The van der Waals surface area contributed by atoms with Crippen LogP contribution >= 0.6 is 23.4 Å². The highest BCUT2D eigenvalue weighted by Crippen LogP contribution is 2.29. The monoisotopic (exact) mass is 370 g/mol. The van der Waals surface area contributed by atoms with E-state index in [9.17, 15) is 9.59 Å². The molecule has 0 saturated carbocycles. The van der Waals surface area contributed by atoms with E-state index >= 15 is 0 Å². The van der Waals surface area contributed by atoms with Crippen molar-refractivity contribution in [1.82, 2.24) is 14.8 Å².